The van der Waals surface area contributed by atoms with Gasteiger partial charge in [-0.1, -0.05) is 5.16 Å². The van der Waals surface area contributed by atoms with Crippen molar-refractivity contribution in [3.05, 3.63) is 70.2 Å². The number of nitrogens with zero attached hydrogens (tertiary/aromatic N) is 8. The Kier molecular flexibility index (Phi) is 6.13. The first-order chi connectivity index (χ1) is 17.0. The lowest BCUT2D eigenvalue weighted by Crippen LogP contribution is -2.47. The third kappa shape index (κ3) is 4.57. The fourth-order valence-corrected chi connectivity index (χ4v) is 4.18. The minimum absolute atomic E-state index is 0.182. The largest absolute Gasteiger partial charge is 0.478 e. The molecule has 0 saturated carbocycles. The van der Waals surface area contributed by atoms with Crippen molar-refractivity contribution in [1.82, 2.24) is 30.1 Å². The summed E-state index contributed by atoms with van der Waals surface area (Å²) in [5.74, 6) is 1.16. The topological polar surface area (TPSA) is 115 Å². The Labute approximate surface area is 202 Å². The number of piperazine rings is 1. The molecule has 5 rings (SSSR count). The molecule has 0 radical (unpaired) electrons. The van der Waals surface area contributed by atoms with E-state index in [0.717, 1.165) is 54.4 Å². The van der Waals surface area contributed by atoms with Crippen LogP contribution in [0.5, 0.6) is 5.88 Å². The first-order valence-electron chi connectivity index (χ1n) is 11.3. The Bertz CT molecular complexity index is 1370. The molecule has 0 spiro atoms. The molecule has 11 nitrogen and oxygen atoms in total. The van der Waals surface area contributed by atoms with E-state index in [2.05, 4.69) is 35.2 Å². The molecule has 180 valence electrons. The number of rotatable bonds is 6. The second-order valence-electron chi connectivity index (χ2n) is 8.36. The van der Waals surface area contributed by atoms with E-state index in [1.807, 2.05) is 32.0 Å². The molecule has 35 heavy (non-hydrogen) atoms. The lowest BCUT2D eigenvalue weighted by Gasteiger charge is -2.37. The van der Waals surface area contributed by atoms with Crippen LogP contribution in [0.3, 0.4) is 0 Å². The number of hydrogen-bond acceptors (Lipinski definition) is 10. The quantitative estimate of drug-likeness (QED) is 0.411. The van der Waals surface area contributed by atoms with E-state index in [4.69, 9.17) is 9.26 Å². The van der Waals surface area contributed by atoms with Crippen molar-refractivity contribution in [1.29, 1.82) is 0 Å². The van der Waals surface area contributed by atoms with Crippen LogP contribution in [0.1, 0.15) is 17.0 Å². The molecule has 11 heteroatoms. The maximum atomic E-state index is 13.0. The van der Waals surface area contributed by atoms with Gasteiger partial charge in [-0.15, -0.1) is 5.10 Å². The number of aryl methyl sites for hydroxylation is 2. The van der Waals surface area contributed by atoms with E-state index in [0.29, 0.717) is 17.3 Å². The Morgan fingerprint density at radius 2 is 1.86 bits per heavy atom. The summed E-state index contributed by atoms with van der Waals surface area (Å²) in [6.45, 7) is 7.03. The third-order valence-corrected chi connectivity index (χ3v) is 6.18. The van der Waals surface area contributed by atoms with Gasteiger partial charge in [-0.25, -0.2) is 4.68 Å². The zero-order valence-corrected chi connectivity index (χ0v) is 19.9. The van der Waals surface area contributed by atoms with Crippen molar-refractivity contribution < 1.29 is 9.26 Å². The van der Waals surface area contributed by atoms with Gasteiger partial charge in [0.15, 0.2) is 0 Å². The first kappa shape index (κ1) is 22.5. The second kappa shape index (κ2) is 9.53. The number of ether oxygens (including phenoxy) is 1. The van der Waals surface area contributed by atoms with Crippen molar-refractivity contribution in [2.24, 2.45) is 0 Å². The Balaban J connectivity index is 1.30. The average Bonchev–Trinajstić information content (AvgIpc) is 3.25. The highest BCUT2D eigenvalue weighted by Crippen LogP contribution is 2.27. The zero-order chi connectivity index (χ0) is 24.4. The van der Waals surface area contributed by atoms with E-state index in [9.17, 15) is 4.79 Å². The Morgan fingerprint density at radius 3 is 2.57 bits per heavy atom. The summed E-state index contributed by atoms with van der Waals surface area (Å²) >= 11 is 0. The van der Waals surface area contributed by atoms with Gasteiger partial charge in [0.05, 0.1) is 31.7 Å². The van der Waals surface area contributed by atoms with Gasteiger partial charge in [-0.05, 0) is 32.0 Å². The van der Waals surface area contributed by atoms with Crippen molar-refractivity contribution in [3.8, 4) is 17.1 Å². The van der Waals surface area contributed by atoms with Crippen molar-refractivity contribution >= 4 is 11.4 Å². The van der Waals surface area contributed by atoms with Crippen LogP contribution < -0.4 is 20.1 Å². The summed E-state index contributed by atoms with van der Waals surface area (Å²) in [7, 11) is 1.59. The molecule has 0 aromatic carbocycles. The van der Waals surface area contributed by atoms with Crippen LogP contribution in [0, 0.1) is 13.8 Å². The molecule has 1 fully saturated rings. The average molecular weight is 475 g/mol. The normalized spacial score (nSPS) is 13.8. The van der Waals surface area contributed by atoms with Gasteiger partial charge in [-0.2, -0.15) is 10.2 Å². The molecule has 0 bridgehead atoms. The molecule has 1 aliphatic heterocycles. The summed E-state index contributed by atoms with van der Waals surface area (Å²) in [4.78, 5) is 21.7. The van der Waals surface area contributed by atoms with Crippen LogP contribution in [0.15, 0.2) is 52.2 Å². The molecule has 4 aromatic rings. The lowest BCUT2D eigenvalue weighted by molar-refractivity contribution is 0.391. The first-order valence-corrected chi connectivity index (χ1v) is 11.3. The summed E-state index contributed by atoms with van der Waals surface area (Å²) < 4.78 is 12.2. The van der Waals surface area contributed by atoms with E-state index < -0.39 is 0 Å². The van der Waals surface area contributed by atoms with Crippen LogP contribution in [0.25, 0.3) is 11.3 Å². The van der Waals surface area contributed by atoms with E-state index in [1.54, 1.807) is 31.8 Å². The monoisotopic (exact) mass is 474 g/mol. The number of pyridine rings is 1. The molecular formula is C24H26N8O3. The number of methoxy groups -OCH3 is 1. The summed E-state index contributed by atoms with van der Waals surface area (Å²) in [5.41, 5.74) is 4.78. The van der Waals surface area contributed by atoms with Gasteiger partial charge in [0.25, 0.3) is 11.4 Å². The van der Waals surface area contributed by atoms with Crippen LogP contribution >= 0.6 is 0 Å². The highest BCUT2D eigenvalue weighted by molar-refractivity contribution is 5.62. The predicted molar refractivity (Wildman–Crippen MR) is 130 cm³/mol. The van der Waals surface area contributed by atoms with Crippen molar-refractivity contribution in [2.75, 3.05) is 43.1 Å². The fraction of sp³-hybridized carbons (Fsp3) is 0.333. The van der Waals surface area contributed by atoms with Crippen molar-refractivity contribution in [3.63, 3.8) is 0 Å². The molecule has 1 aliphatic rings. The molecule has 5 heterocycles. The summed E-state index contributed by atoms with van der Waals surface area (Å²) in [6, 6.07) is 7.40. The number of hydrogen-bond donors (Lipinski definition) is 0. The molecule has 0 atom stereocenters. The maximum Gasteiger partial charge on any atom is 0.269 e. The van der Waals surface area contributed by atoms with Crippen LogP contribution in [0.2, 0.25) is 0 Å². The molecule has 4 aromatic heterocycles. The molecule has 1 saturated heterocycles. The maximum absolute atomic E-state index is 13.0. The van der Waals surface area contributed by atoms with Gasteiger partial charge in [0.1, 0.15) is 17.1 Å². The molecule has 0 N–H and O–H groups in total. The molecule has 0 unspecified atom stereocenters. The molecule has 0 aliphatic carbocycles. The van der Waals surface area contributed by atoms with Crippen LogP contribution in [0.4, 0.5) is 11.4 Å². The van der Waals surface area contributed by atoms with Gasteiger partial charge in [0, 0.05) is 55.3 Å². The smallest absolute Gasteiger partial charge is 0.269 e. The molecule has 0 amide bonds. The van der Waals surface area contributed by atoms with E-state index >= 15 is 0 Å². The molecular weight excluding hydrogens is 448 g/mol. The standard InChI is InChI=1S/C24H26N8O3/c1-16-4-5-18(13-25-16)23-20(17(2)35-29-23)15-32-22(33)12-19(14-27-32)30-8-10-31(11-9-30)21-6-7-26-28-24(21)34-3/h4-7,12-14H,8-11,15H2,1-3H3. The van der Waals surface area contributed by atoms with Gasteiger partial charge in [-0.3, -0.25) is 9.78 Å². The highest BCUT2D eigenvalue weighted by atomic mass is 16.5. The zero-order valence-electron chi connectivity index (χ0n) is 19.9. The second-order valence-corrected chi connectivity index (χ2v) is 8.36. The van der Waals surface area contributed by atoms with E-state index in [-0.39, 0.29) is 12.1 Å². The van der Waals surface area contributed by atoms with Gasteiger partial charge < -0.3 is 19.1 Å². The Morgan fingerprint density at radius 1 is 1.06 bits per heavy atom. The van der Waals surface area contributed by atoms with Gasteiger partial charge in [0.2, 0.25) is 0 Å². The summed E-state index contributed by atoms with van der Waals surface area (Å²) in [6.07, 6.45) is 5.15. The lowest BCUT2D eigenvalue weighted by atomic mass is 10.1. The fourth-order valence-electron chi connectivity index (χ4n) is 4.18. The SMILES string of the molecule is COc1nnccc1N1CCN(c2cnn(Cc3c(-c4ccc(C)nc4)noc3C)c(=O)c2)CC1. The minimum atomic E-state index is -0.182. The van der Waals surface area contributed by atoms with E-state index in [1.165, 1.54) is 4.68 Å². The summed E-state index contributed by atoms with van der Waals surface area (Å²) in [5, 5.41) is 16.6. The highest BCUT2D eigenvalue weighted by Gasteiger charge is 2.22. The number of anilines is 2. The number of aromatic nitrogens is 6. The minimum Gasteiger partial charge on any atom is -0.478 e. The van der Waals surface area contributed by atoms with Crippen LogP contribution in [-0.2, 0) is 6.54 Å². The van der Waals surface area contributed by atoms with Gasteiger partial charge >= 0.3 is 0 Å². The van der Waals surface area contributed by atoms with Crippen molar-refractivity contribution in [2.45, 2.75) is 20.4 Å². The Hall–Kier alpha value is -4.28. The third-order valence-electron chi connectivity index (χ3n) is 6.18. The predicted octanol–water partition coefficient (Wildman–Crippen LogP) is 2.08. The van der Waals surface area contributed by atoms with Crippen LogP contribution in [-0.4, -0.2) is 63.4 Å².